The molecule has 0 unspecified atom stereocenters. The quantitative estimate of drug-likeness (QED) is 0.241. The fourth-order valence-electron chi connectivity index (χ4n) is 5.55. The normalized spacial score (nSPS) is 14.5. The van der Waals surface area contributed by atoms with E-state index >= 15 is 0 Å². The molecule has 0 bridgehead atoms. The lowest BCUT2D eigenvalue weighted by atomic mass is 10.0. The highest BCUT2D eigenvalue weighted by molar-refractivity contribution is 7.92. The fourth-order valence-corrected chi connectivity index (χ4v) is 6.74. The number of benzene rings is 3. The summed E-state index contributed by atoms with van der Waals surface area (Å²) < 4.78 is 27.5. The highest BCUT2D eigenvalue weighted by Gasteiger charge is 2.34. The molecule has 7 nitrogen and oxygen atoms in total. The maximum Gasteiger partial charge on any atom is 0.244 e. The minimum Gasteiger partial charge on any atom is -0.352 e. The van der Waals surface area contributed by atoms with E-state index in [1.807, 2.05) is 56.3 Å². The number of sulfonamides is 1. The number of rotatable bonds is 12. The Balaban J connectivity index is 1.77. The smallest absolute Gasteiger partial charge is 0.244 e. The van der Waals surface area contributed by atoms with E-state index in [1.165, 1.54) is 4.90 Å². The van der Waals surface area contributed by atoms with Crippen molar-refractivity contribution in [2.75, 3.05) is 17.1 Å². The summed E-state index contributed by atoms with van der Waals surface area (Å²) in [7, 11) is -3.86. The summed E-state index contributed by atoms with van der Waals surface area (Å²) in [5.41, 5.74) is 2.79. The van der Waals surface area contributed by atoms with Gasteiger partial charge in [0.2, 0.25) is 21.8 Å². The van der Waals surface area contributed by atoms with E-state index < -0.39 is 28.5 Å². The van der Waals surface area contributed by atoms with Crippen LogP contribution in [0.25, 0.3) is 0 Å². The highest BCUT2D eigenvalue weighted by atomic mass is 35.5. The number of hydrogen-bond donors (Lipinski definition) is 1. The predicted octanol–water partition coefficient (Wildman–Crippen LogP) is 6.58. The van der Waals surface area contributed by atoms with E-state index in [9.17, 15) is 18.0 Å². The summed E-state index contributed by atoms with van der Waals surface area (Å²) in [5.74, 6) is -0.749. The molecule has 1 aliphatic carbocycles. The molecular weight excluding hydrogens is 605 g/mol. The van der Waals surface area contributed by atoms with Crippen molar-refractivity contribution in [3.63, 3.8) is 0 Å². The molecule has 10 heteroatoms. The molecule has 43 heavy (non-hydrogen) atoms. The molecule has 0 spiro atoms. The van der Waals surface area contributed by atoms with Crippen molar-refractivity contribution in [2.24, 2.45) is 0 Å². The van der Waals surface area contributed by atoms with Gasteiger partial charge in [0.25, 0.3) is 0 Å². The molecule has 0 heterocycles. The lowest BCUT2D eigenvalue weighted by Crippen LogP contribution is -2.54. The Morgan fingerprint density at radius 3 is 2.19 bits per heavy atom. The minimum absolute atomic E-state index is 0.0193. The van der Waals surface area contributed by atoms with Gasteiger partial charge in [-0.2, -0.15) is 0 Å². The van der Waals surface area contributed by atoms with Gasteiger partial charge in [0.05, 0.1) is 22.0 Å². The van der Waals surface area contributed by atoms with Gasteiger partial charge in [-0.15, -0.1) is 0 Å². The number of nitrogens with one attached hydrogen (secondary N) is 1. The van der Waals surface area contributed by atoms with Crippen LogP contribution in [0.15, 0.2) is 72.8 Å². The second kappa shape index (κ2) is 14.6. The van der Waals surface area contributed by atoms with Gasteiger partial charge in [0, 0.05) is 19.0 Å². The number of carbonyl (C=O) groups excluding carboxylic acids is 2. The molecule has 3 aromatic rings. The Labute approximate surface area is 265 Å². The van der Waals surface area contributed by atoms with Gasteiger partial charge in [0.15, 0.2) is 0 Å². The van der Waals surface area contributed by atoms with E-state index in [1.54, 1.807) is 30.3 Å². The van der Waals surface area contributed by atoms with E-state index in [-0.39, 0.29) is 30.8 Å². The third kappa shape index (κ3) is 8.74. The Morgan fingerprint density at radius 1 is 0.907 bits per heavy atom. The number of amides is 2. The van der Waals surface area contributed by atoms with Crippen molar-refractivity contribution in [3.8, 4) is 0 Å². The SMILES string of the molecule is CC(C)c1ccccc1N(CC(=O)N(Cc1ccc(Cl)c(Cl)c1)[C@H](Cc1ccccc1)C(=O)NC1CCCC1)S(C)(=O)=O. The van der Waals surface area contributed by atoms with Gasteiger partial charge in [-0.05, 0) is 53.6 Å². The summed E-state index contributed by atoms with van der Waals surface area (Å²) in [5, 5.41) is 3.86. The zero-order valence-electron chi connectivity index (χ0n) is 24.8. The second-order valence-electron chi connectivity index (χ2n) is 11.4. The Hall–Kier alpha value is -3.07. The molecule has 4 rings (SSSR count). The number of carbonyl (C=O) groups is 2. The van der Waals surface area contributed by atoms with Crippen LogP contribution in [0.5, 0.6) is 0 Å². The fraction of sp³-hybridized carbons (Fsp3) is 0.394. The first-order valence-corrected chi connectivity index (χ1v) is 17.2. The lowest BCUT2D eigenvalue weighted by Gasteiger charge is -2.34. The second-order valence-corrected chi connectivity index (χ2v) is 14.2. The number of hydrogen-bond acceptors (Lipinski definition) is 4. The van der Waals surface area contributed by atoms with Crippen LogP contribution < -0.4 is 9.62 Å². The number of halogens is 2. The largest absolute Gasteiger partial charge is 0.352 e. The summed E-state index contributed by atoms with van der Waals surface area (Å²) >= 11 is 12.5. The highest BCUT2D eigenvalue weighted by Crippen LogP contribution is 2.30. The van der Waals surface area contributed by atoms with Crippen molar-refractivity contribution in [1.82, 2.24) is 10.2 Å². The zero-order valence-corrected chi connectivity index (χ0v) is 27.1. The molecule has 0 saturated heterocycles. The molecule has 1 saturated carbocycles. The van der Waals surface area contributed by atoms with E-state index in [0.717, 1.165) is 47.4 Å². The molecule has 3 aromatic carbocycles. The molecular formula is C33H39Cl2N3O4S. The predicted molar refractivity (Wildman–Crippen MR) is 174 cm³/mol. The standard InChI is InChI=1S/C33H39Cl2N3O4S/c1-23(2)27-15-9-10-16-30(27)38(43(3,41)42)22-32(39)37(21-25-17-18-28(34)29(35)19-25)31(20-24-11-5-4-6-12-24)33(40)36-26-13-7-8-14-26/h4-6,9-12,15-19,23,26,31H,7-8,13-14,20-22H2,1-3H3,(H,36,40)/t31-/m1/s1. The third-order valence-corrected chi connectivity index (χ3v) is 9.68. The van der Waals surface area contributed by atoms with E-state index in [2.05, 4.69) is 5.32 Å². The van der Waals surface area contributed by atoms with Crippen LogP contribution in [0.1, 0.15) is 62.1 Å². The number of para-hydroxylation sites is 1. The van der Waals surface area contributed by atoms with Crippen LogP contribution in [0, 0.1) is 0 Å². The zero-order chi connectivity index (χ0) is 31.1. The van der Waals surface area contributed by atoms with Crippen LogP contribution in [-0.4, -0.2) is 50.0 Å². The summed E-state index contributed by atoms with van der Waals surface area (Å²) in [6.45, 7) is 3.52. The molecule has 1 aliphatic rings. The average molecular weight is 645 g/mol. The lowest BCUT2D eigenvalue weighted by molar-refractivity contribution is -0.140. The minimum atomic E-state index is -3.86. The molecule has 1 fully saturated rings. The summed E-state index contributed by atoms with van der Waals surface area (Å²) in [6.07, 6.45) is 5.21. The van der Waals surface area contributed by atoms with Crippen LogP contribution in [-0.2, 0) is 32.6 Å². The first-order chi connectivity index (χ1) is 20.4. The Bertz CT molecular complexity index is 1530. The van der Waals surface area contributed by atoms with Crippen LogP contribution in [0.2, 0.25) is 10.0 Å². The Morgan fingerprint density at radius 2 is 1.56 bits per heavy atom. The summed E-state index contributed by atoms with van der Waals surface area (Å²) in [4.78, 5) is 29.8. The average Bonchev–Trinajstić information content (AvgIpc) is 3.48. The maximum absolute atomic E-state index is 14.4. The van der Waals surface area contributed by atoms with Crippen LogP contribution in [0.3, 0.4) is 0 Å². The topological polar surface area (TPSA) is 86.8 Å². The first kappa shape index (κ1) is 32.8. The van der Waals surface area contributed by atoms with Crippen molar-refractivity contribution >= 4 is 50.7 Å². The monoisotopic (exact) mass is 643 g/mol. The van der Waals surface area contributed by atoms with Gasteiger partial charge >= 0.3 is 0 Å². The van der Waals surface area contributed by atoms with Crippen molar-refractivity contribution in [1.29, 1.82) is 0 Å². The Kier molecular flexibility index (Phi) is 11.2. The van der Waals surface area contributed by atoms with Crippen molar-refractivity contribution in [3.05, 3.63) is 99.5 Å². The third-order valence-electron chi connectivity index (χ3n) is 7.82. The maximum atomic E-state index is 14.4. The molecule has 1 N–H and O–H groups in total. The molecule has 2 amide bonds. The van der Waals surface area contributed by atoms with Gasteiger partial charge < -0.3 is 10.2 Å². The van der Waals surface area contributed by atoms with E-state index in [0.29, 0.717) is 21.3 Å². The molecule has 0 radical (unpaired) electrons. The van der Waals surface area contributed by atoms with Gasteiger partial charge in [-0.25, -0.2) is 8.42 Å². The first-order valence-electron chi connectivity index (χ1n) is 14.6. The van der Waals surface area contributed by atoms with E-state index in [4.69, 9.17) is 23.2 Å². The van der Waals surface area contributed by atoms with Crippen molar-refractivity contribution < 1.29 is 18.0 Å². The van der Waals surface area contributed by atoms with Gasteiger partial charge in [-0.1, -0.05) is 104 Å². The molecule has 1 atom stereocenters. The summed E-state index contributed by atoms with van der Waals surface area (Å²) in [6, 6.07) is 20.9. The van der Waals surface area contributed by atoms with Crippen LogP contribution in [0.4, 0.5) is 5.69 Å². The number of nitrogens with zero attached hydrogens (tertiary/aromatic N) is 2. The molecule has 0 aliphatic heterocycles. The molecule has 0 aromatic heterocycles. The van der Waals surface area contributed by atoms with Gasteiger partial charge in [0.1, 0.15) is 12.6 Å². The molecule has 230 valence electrons. The van der Waals surface area contributed by atoms with Crippen LogP contribution >= 0.6 is 23.2 Å². The van der Waals surface area contributed by atoms with Gasteiger partial charge in [-0.3, -0.25) is 13.9 Å². The number of anilines is 1. The van der Waals surface area contributed by atoms with Crippen molar-refractivity contribution in [2.45, 2.75) is 70.5 Å².